The molecule has 7 heteroatoms. The summed E-state index contributed by atoms with van der Waals surface area (Å²) in [6.45, 7) is 1.67. The van der Waals surface area contributed by atoms with E-state index >= 15 is 0 Å². The molecule has 0 aromatic carbocycles. The molecule has 0 bridgehead atoms. The van der Waals surface area contributed by atoms with Gasteiger partial charge in [-0.25, -0.2) is 4.68 Å². The van der Waals surface area contributed by atoms with Crippen molar-refractivity contribution in [3.63, 3.8) is 0 Å². The lowest BCUT2D eigenvalue weighted by Crippen LogP contribution is -2.23. The SMILES string of the molecule is CNCc1nnnn1CC1CSCCS1. The highest BCUT2D eigenvalue weighted by Crippen LogP contribution is 2.25. The van der Waals surface area contributed by atoms with E-state index in [2.05, 4.69) is 20.8 Å². The Morgan fingerprint density at radius 1 is 1.53 bits per heavy atom. The van der Waals surface area contributed by atoms with E-state index in [0.717, 1.165) is 18.9 Å². The molecule has 0 saturated carbocycles. The van der Waals surface area contributed by atoms with Gasteiger partial charge in [0, 0.05) is 22.5 Å². The van der Waals surface area contributed by atoms with Crippen LogP contribution in [0, 0.1) is 0 Å². The lowest BCUT2D eigenvalue weighted by atomic mass is 10.4. The van der Waals surface area contributed by atoms with Crippen molar-refractivity contribution in [2.75, 3.05) is 24.3 Å². The molecule has 1 atom stereocenters. The zero-order chi connectivity index (χ0) is 10.5. The highest BCUT2D eigenvalue weighted by atomic mass is 32.2. The molecule has 0 radical (unpaired) electrons. The fourth-order valence-electron chi connectivity index (χ4n) is 1.48. The number of hydrogen-bond donors (Lipinski definition) is 1. The van der Waals surface area contributed by atoms with E-state index in [0.29, 0.717) is 5.25 Å². The third kappa shape index (κ3) is 3.09. The van der Waals surface area contributed by atoms with E-state index < -0.39 is 0 Å². The Morgan fingerprint density at radius 3 is 3.20 bits per heavy atom. The number of hydrogen-bond acceptors (Lipinski definition) is 6. The molecular formula is C8H15N5S2. The summed E-state index contributed by atoms with van der Waals surface area (Å²) in [5.41, 5.74) is 0. The van der Waals surface area contributed by atoms with E-state index in [1.165, 1.54) is 17.3 Å². The lowest BCUT2D eigenvalue weighted by molar-refractivity contribution is 0.554. The zero-order valence-electron chi connectivity index (χ0n) is 8.72. The number of thioether (sulfide) groups is 2. The minimum atomic E-state index is 0.655. The molecule has 1 aliphatic heterocycles. The predicted octanol–water partition coefficient (Wildman–Crippen LogP) is 0.241. The molecule has 1 unspecified atom stereocenters. The summed E-state index contributed by atoms with van der Waals surface area (Å²) in [6.07, 6.45) is 0. The number of nitrogens with one attached hydrogen (secondary N) is 1. The van der Waals surface area contributed by atoms with Gasteiger partial charge in [-0.2, -0.15) is 23.5 Å². The van der Waals surface area contributed by atoms with Gasteiger partial charge < -0.3 is 5.32 Å². The zero-order valence-corrected chi connectivity index (χ0v) is 10.4. The van der Waals surface area contributed by atoms with Gasteiger partial charge in [-0.05, 0) is 17.5 Å². The van der Waals surface area contributed by atoms with Crippen LogP contribution in [-0.2, 0) is 13.1 Å². The molecule has 15 heavy (non-hydrogen) atoms. The van der Waals surface area contributed by atoms with Gasteiger partial charge in [0.05, 0.1) is 13.1 Å². The van der Waals surface area contributed by atoms with Crippen LogP contribution in [0.25, 0.3) is 0 Å². The van der Waals surface area contributed by atoms with Crippen LogP contribution in [0.1, 0.15) is 5.82 Å². The van der Waals surface area contributed by atoms with Crippen molar-refractivity contribution in [2.24, 2.45) is 0 Å². The number of tetrazole rings is 1. The van der Waals surface area contributed by atoms with Gasteiger partial charge >= 0.3 is 0 Å². The van der Waals surface area contributed by atoms with Crippen LogP contribution < -0.4 is 5.32 Å². The summed E-state index contributed by atoms with van der Waals surface area (Å²) in [6, 6.07) is 0. The van der Waals surface area contributed by atoms with E-state index in [4.69, 9.17) is 0 Å². The maximum atomic E-state index is 4.02. The Morgan fingerprint density at radius 2 is 2.47 bits per heavy atom. The highest BCUT2D eigenvalue weighted by Gasteiger charge is 2.17. The van der Waals surface area contributed by atoms with Crippen LogP contribution in [-0.4, -0.2) is 49.8 Å². The smallest absolute Gasteiger partial charge is 0.165 e. The molecule has 2 rings (SSSR count). The van der Waals surface area contributed by atoms with E-state index in [-0.39, 0.29) is 0 Å². The van der Waals surface area contributed by atoms with Gasteiger partial charge in [-0.1, -0.05) is 0 Å². The van der Waals surface area contributed by atoms with Crippen molar-refractivity contribution in [3.05, 3.63) is 5.82 Å². The molecular weight excluding hydrogens is 230 g/mol. The first-order valence-corrected chi connectivity index (χ1v) is 7.19. The Labute approximate surface area is 97.8 Å². The van der Waals surface area contributed by atoms with Gasteiger partial charge in [-0.15, -0.1) is 5.10 Å². The average Bonchev–Trinajstić information content (AvgIpc) is 2.68. The molecule has 84 valence electrons. The summed E-state index contributed by atoms with van der Waals surface area (Å²) in [4.78, 5) is 0. The first kappa shape index (κ1) is 11.2. The minimum Gasteiger partial charge on any atom is -0.313 e. The third-order valence-corrected chi connectivity index (χ3v) is 5.03. The van der Waals surface area contributed by atoms with Crippen LogP contribution in [0.2, 0.25) is 0 Å². The van der Waals surface area contributed by atoms with Crippen molar-refractivity contribution in [3.8, 4) is 0 Å². The minimum absolute atomic E-state index is 0.655. The van der Waals surface area contributed by atoms with Gasteiger partial charge in [0.1, 0.15) is 0 Å². The third-order valence-electron chi connectivity index (χ3n) is 2.20. The first-order valence-electron chi connectivity index (χ1n) is 4.99. The molecule has 1 N–H and O–H groups in total. The fourth-order valence-corrected chi connectivity index (χ4v) is 4.13. The quantitative estimate of drug-likeness (QED) is 0.820. The van der Waals surface area contributed by atoms with E-state index in [1.807, 2.05) is 35.3 Å². The molecule has 0 amide bonds. The number of rotatable bonds is 4. The Balaban J connectivity index is 1.93. The summed E-state index contributed by atoms with van der Waals surface area (Å²) in [7, 11) is 1.91. The summed E-state index contributed by atoms with van der Waals surface area (Å²) < 4.78 is 1.92. The molecule has 1 aromatic rings. The van der Waals surface area contributed by atoms with Crippen molar-refractivity contribution < 1.29 is 0 Å². The molecule has 2 heterocycles. The van der Waals surface area contributed by atoms with Crippen LogP contribution >= 0.6 is 23.5 Å². The number of nitrogens with zero attached hydrogens (tertiary/aromatic N) is 4. The topological polar surface area (TPSA) is 55.6 Å². The van der Waals surface area contributed by atoms with Gasteiger partial charge in [0.2, 0.25) is 0 Å². The Kier molecular flexibility index (Phi) is 4.28. The fraction of sp³-hybridized carbons (Fsp3) is 0.875. The van der Waals surface area contributed by atoms with Crippen LogP contribution in [0.5, 0.6) is 0 Å². The van der Waals surface area contributed by atoms with Crippen LogP contribution in [0.4, 0.5) is 0 Å². The second-order valence-corrected chi connectivity index (χ2v) is 5.93. The normalized spacial score (nSPS) is 21.8. The van der Waals surface area contributed by atoms with Gasteiger partial charge in [0.15, 0.2) is 5.82 Å². The number of aromatic nitrogens is 4. The maximum Gasteiger partial charge on any atom is 0.165 e. The highest BCUT2D eigenvalue weighted by molar-refractivity contribution is 8.06. The largest absolute Gasteiger partial charge is 0.313 e. The van der Waals surface area contributed by atoms with E-state index in [1.54, 1.807) is 0 Å². The summed E-state index contributed by atoms with van der Waals surface area (Å²) in [5.74, 6) is 4.66. The Bertz CT molecular complexity index is 297. The Hall–Kier alpha value is -0.270. The standard InChI is InChI=1S/C8H15N5S2/c1-9-4-8-10-11-12-13(8)5-7-6-14-2-3-15-7/h7,9H,2-6H2,1H3. The molecule has 1 fully saturated rings. The molecule has 1 aliphatic rings. The average molecular weight is 245 g/mol. The molecule has 1 saturated heterocycles. The van der Waals surface area contributed by atoms with Crippen molar-refractivity contribution in [1.82, 2.24) is 25.5 Å². The predicted molar refractivity (Wildman–Crippen MR) is 64.2 cm³/mol. The molecule has 0 spiro atoms. The molecule has 1 aromatic heterocycles. The van der Waals surface area contributed by atoms with Gasteiger partial charge in [-0.3, -0.25) is 0 Å². The van der Waals surface area contributed by atoms with Gasteiger partial charge in [0.25, 0.3) is 0 Å². The van der Waals surface area contributed by atoms with E-state index in [9.17, 15) is 0 Å². The van der Waals surface area contributed by atoms with Crippen LogP contribution in [0.3, 0.4) is 0 Å². The summed E-state index contributed by atoms with van der Waals surface area (Å²) in [5, 5.41) is 15.5. The second-order valence-electron chi connectivity index (χ2n) is 3.38. The monoisotopic (exact) mass is 245 g/mol. The lowest BCUT2D eigenvalue weighted by Gasteiger charge is -2.20. The summed E-state index contributed by atoms with van der Waals surface area (Å²) >= 11 is 4.06. The van der Waals surface area contributed by atoms with Crippen molar-refractivity contribution >= 4 is 23.5 Å². The van der Waals surface area contributed by atoms with Crippen molar-refractivity contribution in [1.29, 1.82) is 0 Å². The maximum absolute atomic E-state index is 4.02. The van der Waals surface area contributed by atoms with Crippen molar-refractivity contribution in [2.45, 2.75) is 18.3 Å². The first-order chi connectivity index (χ1) is 7.40. The molecule has 5 nitrogen and oxygen atoms in total. The van der Waals surface area contributed by atoms with Crippen LogP contribution in [0.15, 0.2) is 0 Å². The second kappa shape index (κ2) is 5.72. The molecule has 0 aliphatic carbocycles.